The van der Waals surface area contributed by atoms with E-state index in [0.29, 0.717) is 49.0 Å². The first-order chi connectivity index (χ1) is 26.7. The van der Waals surface area contributed by atoms with Crippen molar-refractivity contribution < 1.29 is 18.3 Å². The van der Waals surface area contributed by atoms with Crippen LogP contribution >= 0.6 is 0 Å². The van der Waals surface area contributed by atoms with Gasteiger partial charge in [0.2, 0.25) is 0 Å². The largest absolute Gasteiger partial charge is 0.444 e. The van der Waals surface area contributed by atoms with Gasteiger partial charge in [-0.25, -0.2) is 13.6 Å². The van der Waals surface area contributed by atoms with Gasteiger partial charge in [-0.15, -0.1) is 0 Å². The molecule has 316 valence electrons. The number of piperidine rings is 1. The summed E-state index contributed by atoms with van der Waals surface area (Å²) in [4.78, 5) is 20.0. The molecule has 1 aliphatic carbocycles. The molecule has 2 aromatic carbocycles. The number of rotatable bonds is 20. The van der Waals surface area contributed by atoms with E-state index < -0.39 is 22.7 Å². The average molecular weight is 789 g/mol. The van der Waals surface area contributed by atoms with Crippen LogP contribution in [0.3, 0.4) is 0 Å². The van der Waals surface area contributed by atoms with Gasteiger partial charge in [-0.05, 0) is 120 Å². The van der Waals surface area contributed by atoms with Gasteiger partial charge in [0.1, 0.15) is 17.2 Å². The molecule has 4 rings (SSSR count). The number of halogens is 2. The highest BCUT2D eigenvalue weighted by Gasteiger charge is 2.40. The van der Waals surface area contributed by atoms with Gasteiger partial charge in [0.15, 0.2) is 0 Å². The van der Waals surface area contributed by atoms with E-state index in [1.165, 1.54) is 12.1 Å². The Labute approximate surface area is 344 Å². The van der Waals surface area contributed by atoms with Crippen LogP contribution in [0.15, 0.2) is 79.3 Å². The molecule has 3 atom stereocenters. The van der Waals surface area contributed by atoms with Crippen LogP contribution in [0.5, 0.6) is 0 Å². The van der Waals surface area contributed by atoms with Crippen molar-refractivity contribution in [1.29, 1.82) is 0 Å². The monoisotopic (exact) mass is 789 g/mol. The first kappa shape index (κ1) is 45.9. The molecular formula is C49H74F2N4O2. The molecule has 6 nitrogen and oxygen atoms in total. The van der Waals surface area contributed by atoms with Gasteiger partial charge in [-0.2, -0.15) is 0 Å². The Bertz CT molecular complexity index is 1650. The first-order valence-electron chi connectivity index (χ1n) is 21.6. The van der Waals surface area contributed by atoms with Crippen LogP contribution in [0.2, 0.25) is 0 Å². The minimum atomic E-state index is -0.743. The number of benzene rings is 2. The number of anilines is 1. The molecule has 57 heavy (non-hydrogen) atoms. The number of unbranched alkanes of at least 4 members (excludes halogenated alkanes) is 2. The van der Waals surface area contributed by atoms with Crippen LogP contribution in [-0.2, 0) is 16.6 Å². The number of allylic oxidation sites excluding steroid dienone is 1. The topological polar surface area (TPSA) is 48.0 Å². The number of likely N-dealkylation sites (tertiary alicyclic amines) is 1. The molecule has 1 unspecified atom stereocenters. The highest BCUT2D eigenvalue weighted by atomic mass is 19.1. The molecule has 1 saturated heterocycles. The van der Waals surface area contributed by atoms with Gasteiger partial charge < -0.3 is 24.8 Å². The SMILES string of the molecule is C=C(NC(CC(C)C)CC(C)C)[C@H]1C[C@@H](C(=C)N(c2ccc(CC(C)(C(=C)N(C)CCCCC)c3cc(F)cc(F)c3)cc2)C2CC2)CN(C(=O)OC(C)(C)C)C1. The third kappa shape index (κ3) is 13.1. The molecule has 8 heteroatoms. The third-order valence-corrected chi connectivity index (χ3v) is 11.7. The smallest absolute Gasteiger partial charge is 0.410 e. The minimum Gasteiger partial charge on any atom is -0.444 e. The lowest BCUT2D eigenvalue weighted by atomic mass is 9.74. The lowest BCUT2D eigenvalue weighted by molar-refractivity contribution is 0.0135. The molecule has 1 N–H and O–H groups in total. The number of likely N-dealkylation sites (N-methyl/N-ethyl adjacent to an activating group) is 1. The van der Waals surface area contributed by atoms with E-state index in [2.05, 4.69) is 87.2 Å². The second kappa shape index (κ2) is 19.8. The first-order valence-corrected chi connectivity index (χ1v) is 21.6. The summed E-state index contributed by atoms with van der Waals surface area (Å²) < 4.78 is 35.3. The van der Waals surface area contributed by atoms with Crippen molar-refractivity contribution in [1.82, 2.24) is 15.1 Å². The highest BCUT2D eigenvalue weighted by molar-refractivity contribution is 5.68. The minimum absolute atomic E-state index is 0.00137. The van der Waals surface area contributed by atoms with E-state index in [1.54, 1.807) is 0 Å². The Balaban J connectivity index is 1.61. The Hall–Kier alpha value is -3.81. The summed E-state index contributed by atoms with van der Waals surface area (Å²) >= 11 is 0. The fourth-order valence-electron chi connectivity index (χ4n) is 8.52. The molecular weight excluding hydrogens is 715 g/mol. The number of nitrogens with zero attached hydrogens (tertiary/aromatic N) is 3. The van der Waals surface area contributed by atoms with Crippen molar-refractivity contribution in [3.05, 3.63) is 102 Å². The number of nitrogens with one attached hydrogen (secondary N) is 1. The van der Waals surface area contributed by atoms with E-state index in [9.17, 15) is 13.6 Å². The predicted molar refractivity (Wildman–Crippen MR) is 234 cm³/mol. The van der Waals surface area contributed by atoms with Crippen molar-refractivity contribution in [2.75, 3.05) is 31.6 Å². The third-order valence-electron chi connectivity index (χ3n) is 11.7. The molecule has 1 heterocycles. The van der Waals surface area contributed by atoms with Gasteiger partial charge in [0.25, 0.3) is 0 Å². The van der Waals surface area contributed by atoms with E-state index >= 15 is 0 Å². The lowest BCUT2D eigenvalue weighted by Gasteiger charge is -2.43. The summed E-state index contributed by atoms with van der Waals surface area (Å²) in [5, 5.41) is 3.82. The molecule has 0 aromatic heterocycles. The van der Waals surface area contributed by atoms with E-state index in [-0.39, 0.29) is 17.9 Å². The lowest BCUT2D eigenvalue weighted by Crippen LogP contribution is -2.49. The quantitative estimate of drug-likeness (QED) is 0.135. The van der Waals surface area contributed by atoms with E-state index in [1.807, 2.05) is 39.6 Å². The number of carbonyl (C=O) groups is 1. The van der Waals surface area contributed by atoms with Crippen LogP contribution < -0.4 is 10.2 Å². The number of hydrogen-bond acceptors (Lipinski definition) is 5. The predicted octanol–water partition coefficient (Wildman–Crippen LogP) is 12.0. The Morgan fingerprint density at radius 1 is 0.912 bits per heavy atom. The second-order valence-corrected chi connectivity index (χ2v) is 19.1. The molecule has 2 fully saturated rings. The fraction of sp³-hybridized carbons (Fsp3) is 0.612. The summed E-state index contributed by atoms with van der Waals surface area (Å²) in [6.07, 6.45) is 8.54. The van der Waals surface area contributed by atoms with Crippen LogP contribution in [-0.4, -0.2) is 60.3 Å². The Morgan fingerprint density at radius 2 is 1.49 bits per heavy atom. The number of amides is 1. The zero-order valence-corrected chi connectivity index (χ0v) is 37.0. The maximum absolute atomic E-state index is 14.7. The molecule has 1 aliphatic heterocycles. The van der Waals surface area contributed by atoms with E-state index in [0.717, 1.165) is 92.3 Å². The number of ether oxygens (including phenoxy) is 1. The van der Waals surface area contributed by atoms with Crippen molar-refractivity contribution in [3.63, 3.8) is 0 Å². The fourth-order valence-corrected chi connectivity index (χ4v) is 8.52. The normalized spacial score (nSPS) is 18.4. The van der Waals surface area contributed by atoms with Gasteiger partial charge in [-0.3, -0.25) is 0 Å². The van der Waals surface area contributed by atoms with Crippen molar-refractivity contribution >= 4 is 11.8 Å². The van der Waals surface area contributed by atoms with Gasteiger partial charge in [0, 0.05) is 84.9 Å². The Kier molecular flexibility index (Phi) is 15.9. The molecule has 1 saturated carbocycles. The van der Waals surface area contributed by atoms with Gasteiger partial charge >= 0.3 is 6.09 Å². The maximum atomic E-state index is 14.7. The molecule has 2 aromatic rings. The van der Waals surface area contributed by atoms with E-state index in [4.69, 9.17) is 11.3 Å². The van der Waals surface area contributed by atoms with Crippen molar-refractivity contribution in [3.8, 4) is 0 Å². The van der Waals surface area contributed by atoms with Gasteiger partial charge in [0.05, 0.1) is 0 Å². The zero-order valence-electron chi connectivity index (χ0n) is 37.0. The summed E-state index contributed by atoms with van der Waals surface area (Å²) in [5.41, 5.74) is 4.13. The maximum Gasteiger partial charge on any atom is 0.410 e. The molecule has 0 bridgehead atoms. The average Bonchev–Trinajstić information content (AvgIpc) is 3.95. The van der Waals surface area contributed by atoms with Crippen LogP contribution in [0.25, 0.3) is 0 Å². The molecule has 0 spiro atoms. The number of hydrogen-bond donors (Lipinski definition) is 1. The van der Waals surface area contributed by atoms with Crippen LogP contribution in [0, 0.1) is 35.3 Å². The molecule has 0 radical (unpaired) electrons. The second-order valence-electron chi connectivity index (χ2n) is 19.1. The molecule has 2 aliphatic rings. The van der Waals surface area contributed by atoms with Crippen LogP contribution in [0.1, 0.15) is 125 Å². The van der Waals surface area contributed by atoms with Crippen molar-refractivity contribution in [2.45, 2.75) is 143 Å². The Morgan fingerprint density at radius 3 is 2.02 bits per heavy atom. The summed E-state index contributed by atoms with van der Waals surface area (Å²) in [7, 11) is 2.02. The number of carbonyl (C=O) groups excluding carboxylic acids is 1. The summed E-state index contributed by atoms with van der Waals surface area (Å²) in [6.45, 7) is 34.7. The van der Waals surface area contributed by atoms with Crippen LogP contribution in [0.4, 0.5) is 19.3 Å². The van der Waals surface area contributed by atoms with Gasteiger partial charge in [-0.1, -0.05) is 79.3 Å². The van der Waals surface area contributed by atoms with Crippen molar-refractivity contribution in [2.24, 2.45) is 23.7 Å². The molecule has 1 amide bonds. The summed E-state index contributed by atoms with van der Waals surface area (Å²) in [5.74, 6) is -0.0330. The standard InChI is InChI=1S/C49H74F2N4O2/c1-14-15-16-23-53(13)37(8)49(12,41-27-42(50)29-43(51)28-41)30-38-17-19-45(20-18-38)55(46-21-22-46)36(7)40-26-39(31-54(32-40)47(56)57-48(9,10)11)35(6)52-44(24-33(2)3)25-34(4)5/h17-20,27-29,33-34,39-40,44,46,52H,6-8,14-16,21-26,30-32H2,1-5,9-13H3/t39-,40+,49?/m0/s1. The summed E-state index contributed by atoms with van der Waals surface area (Å²) in [6, 6.07) is 13.0. The zero-order chi connectivity index (χ0) is 42.2. The highest BCUT2D eigenvalue weighted by Crippen LogP contribution is 2.42.